The van der Waals surface area contributed by atoms with Crippen molar-refractivity contribution in [3.05, 3.63) is 64.5 Å². The average Bonchev–Trinajstić information content (AvgIpc) is 3.22. The predicted molar refractivity (Wildman–Crippen MR) is 130 cm³/mol. The van der Waals surface area contributed by atoms with Gasteiger partial charge in [0, 0.05) is 21.4 Å². The highest BCUT2D eigenvalue weighted by Gasteiger charge is 2.18. The first-order valence-electron chi connectivity index (χ1n) is 9.58. The number of carbonyl (C=O) groups excluding carboxylic acids is 1. The molecule has 31 heavy (non-hydrogen) atoms. The van der Waals surface area contributed by atoms with Gasteiger partial charge in [-0.2, -0.15) is 0 Å². The summed E-state index contributed by atoms with van der Waals surface area (Å²) in [5.41, 5.74) is 3.64. The molecule has 1 N–H and O–H groups in total. The number of amides is 1. The zero-order chi connectivity index (χ0) is 22.0. The molecule has 1 unspecified atom stereocenters. The van der Waals surface area contributed by atoms with Crippen LogP contribution in [0.15, 0.2) is 58.9 Å². The zero-order valence-electron chi connectivity index (χ0n) is 17.2. The minimum Gasteiger partial charge on any atom is -0.494 e. The molecule has 0 aliphatic heterocycles. The standard InChI is InChI=1S/C23H20ClN3O2S2/c1-13-11-20(26-21-17(13)5-4-6-19(21)29-3)31-14(2)22(28)27-23-25-18(12-30-23)15-7-9-16(24)10-8-15/h4-12,14H,1-3H3,(H,25,27,28). The highest BCUT2D eigenvalue weighted by molar-refractivity contribution is 8.00. The lowest BCUT2D eigenvalue weighted by Gasteiger charge is -2.13. The summed E-state index contributed by atoms with van der Waals surface area (Å²) < 4.78 is 5.45. The van der Waals surface area contributed by atoms with Crippen molar-refractivity contribution >= 4 is 56.6 Å². The van der Waals surface area contributed by atoms with Crippen LogP contribution in [-0.2, 0) is 4.79 Å². The first-order valence-corrected chi connectivity index (χ1v) is 11.7. The number of ether oxygens (including phenoxy) is 1. The normalized spacial score (nSPS) is 12.0. The first kappa shape index (κ1) is 21.6. The predicted octanol–water partition coefficient (Wildman–Crippen LogP) is 6.45. The number of hydrogen-bond acceptors (Lipinski definition) is 6. The van der Waals surface area contributed by atoms with E-state index in [9.17, 15) is 4.79 Å². The van der Waals surface area contributed by atoms with E-state index in [2.05, 4.69) is 10.3 Å². The smallest absolute Gasteiger partial charge is 0.239 e. The van der Waals surface area contributed by atoms with E-state index in [4.69, 9.17) is 21.3 Å². The van der Waals surface area contributed by atoms with Gasteiger partial charge in [0.05, 0.1) is 23.1 Å². The molecule has 4 rings (SSSR count). The molecule has 2 aromatic heterocycles. The second-order valence-electron chi connectivity index (χ2n) is 6.93. The molecule has 158 valence electrons. The molecule has 0 fully saturated rings. The lowest BCUT2D eigenvalue weighted by Crippen LogP contribution is -2.22. The number of fused-ring (bicyclic) bond motifs is 1. The number of rotatable bonds is 6. The fraction of sp³-hybridized carbons (Fsp3) is 0.174. The van der Waals surface area contributed by atoms with Crippen LogP contribution in [0.4, 0.5) is 5.13 Å². The molecule has 1 atom stereocenters. The van der Waals surface area contributed by atoms with Crippen LogP contribution < -0.4 is 10.1 Å². The van der Waals surface area contributed by atoms with Crippen LogP contribution in [0.1, 0.15) is 12.5 Å². The van der Waals surface area contributed by atoms with Crippen molar-refractivity contribution in [3.8, 4) is 17.0 Å². The molecular formula is C23H20ClN3O2S2. The van der Waals surface area contributed by atoms with Gasteiger partial charge in [-0.1, -0.05) is 47.6 Å². The summed E-state index contributed by atoms with van der Waals surface area (Å²) in [5, 5.41) is 7.53. The Hall–Kier alpha value is -2.61. The number of anilines is 1. The lowest BCUT2D eigenvalue weighted by atomic mass is 10.1. The van der Waals surface area contributed by atoms with E-state index >= 15 is 0 Å². The van der Waals surface area contributed by atoms with Crippen molar-refractivity contribution in [2.45, 2.75) is 24.1 Å². The fourth-order valence-corrected chi connectivity index (χ4v) is 4.88. The lowest BCUT2D eigenvalue weighted by molar-refractivity contribution is -0.115. The monoisotopic (exact) mass is 469 g/mol. The Bertz CT molecular complexity index is 1240. The van der Waals surface area contributed by atoms with Crippen molar-refractivity contribution in [3.63, 3.8) is 0 Å². The number of benzene rings is 2. The third-order valence-corrected chi connectivity index (χ3v) is 6.77. The van der Waals surface area contributed by atoms with E-state index < -0.39 is 0 Å². The minimum absolute atomic E-state index is 0.124. The summed E-state index contributed by atoms with van der Waals surface area (Å²) in [4.78, 5) is 22.0. The largest absolute Gasteiger partial charge is 0.494 e. The summed E-state index contributed by atoms with van der Waals surface area (Å²) in [7, 11) is 1.63. The highest BCUT2D eigenvalue weighted by atomic mass is 35.5. The van der Waals surface area contributed by atoms with E-state index in [0.717, 1.165) is 38.5 Å². The summed E-state index contributed by atoms with van der Waals surface area (Å²) in [6.07, 6.45) is 0. The van der Waals surface area contributed by atoms with E-state index in [-0.39, 0.29) is 11.2 Å². The number of pyridine rings is 1. The van der Waals surface area contributed by atoms with Crippen molar-refractivity contribution in [1.82, 2.24) is 9.97 Å². The molecule has 2 heterocycles. The van der Waals surface area contributed by atoms with Crippen LogP contribution in [0.25, 0.3) is 22.2 Å². The number of thioether (sulfide) groups is 1. The summed E-state index contributed by atoms with van der Waals surface area (Å²) in [6.45, 7) is 3.89. The Morgan fingerprint density at radius 3 is 2.71 bits per heavy atom. The third-order valence-electron chi connectivity index (χ3n) is 4.75. The van der Waals surface area contributed by atoms with Gasteiger partial charge < -0.3 is 10.1 Å². The molecule has 0 saturated carbocycles. The number of nitrogens with one attached hydrogen (secondary N) is 1. The van der Waals surface area contributed by atoms with Crippen LogP contribution in [0.3, 0.4) is 0 Å². The van der Waals surface area contributed by atoms with Gasteiger partial charge >= 0.3 is 0 Å². The van der Waals surface area contributed by atoms with E-state index in [1.165, 1.54) is 23.1 Å². The SMILES string of the molecule is COc1cccc2c(C)cc(SC(C)C(=O)Nc3nc(-c4ccc(Cl)cc4)cs3)nc12. The van der Waals surface area contributed by atoms with Gasteiger partial charge in [0.2, 0.25) is 5.91 Å². The molecule has 8 heteroatoms. The van der Waals surface area contributed by atoms with Crippen molar-refractivity contribution in [2.75, 3.05) is 12.4 Å². The summed E-state index contributed by atoms with van der Waals surface area (Å²) >= 11 is 8.74. The van der Waals surface area contributed by atoms with Crippen LogP contribution in [-0.4, -0.2) is 28.2 Å². The molecular weight excluding hydrogens is 450 g/mol. The van der Waals surface area contributed by atoms with Gasteiger partial charge in [0.25, 0.3) is 0 Å². The molecule has 1 amide bonds. The minimum atomic E-state index is -0.345. The van der Waals surface area contributed by atoms with Gasteiger partial charge in [0.15, 0.2) is 5.13 Å². The Balaban J connectivity index is 1.47. The Morgan fingerprint density at radius 2 is 1.97 bits per heavy atom. The van der Waals surface area contributed by atoms with Crippen molar-refractivity contribution in [2.24, 2.45) is 0 Å². The molecule has 4 aromatic rings. The molecule has 5 nitrogen and oxygen atoms in total. The van der Waals surface area contributed by atoms with Crippen LogP contribution in [0.5, 0.6) is 5.75 Å². The van der Waals surface area contributed by atoms with E-state index in [1.54, 1.807) is 7.11 Å². The number of halogens is 1. The summed E-state index contributed by atoms with van der Waals surface area (Å²) in [5.74, 6) is 0.597. The maximum Gasteiger partial charge on any atom is 0.239 e. The fourth-order valence-electron chi connectivity index (χ4n) is 3.11. The maximum atomic E-state index is 12.7. The number of aromatic nitrogens is 2. The molecule has 0 aliphatic carbocycles. The number of aryl methyl sites for hydroxylation is 1. The number of hydrogen-bond donors (Lipinski definition) is 1. The van der Waals surface area contributed by atoms with Crippen molar-refractivity contribution < 1.29 is 9.53 Å². The zero-order valence-corrected chi connectivity index (χ0v) is 19.6. The number of nitrogens with zero attached hydrogens (tertiary/aromatic N) is 2. The second kappa shape index (κ2) is 9.26. The van der Waals surface area contributed by atoms with Gasteiger partial charge in [-0.3, -0.25) is 4.79 Å². The van der Waals surface area contributed by atoms with Crippen LogP contribution in [0, 0.1) is 6.92 Å². The molecule has 0 radical (unpaired) electrons. The molecule has 0 saturated heterocycles. The summed E-state index contributed by atoms with van der Waals surface area (Å²) in [6, 6.07) is 15.3. The number of carbonyl (C=O) groups is 1. The molecule has 2 aromatic carbocycles. The van der Waals surface area contributed by atoms with E-state index in [1.807, 2.05) is 67.8 Å². The molecule has 0 bridgehead atoms. The second-order valence-corrected chi connectivity index (χ2v) is 9.58. The molecule has 0 spiro atoms. The van der Waals surface area contributed by atoms with Gasteiger partial charge in [-0.15, -0.1) is 11.3 Å². The topological polar surface area (TPSA) is 64.1 Å². The van der Waals surface area contributed by atoms with E-state index in [0.29, 0.717) is 10.2 Å². The average molecular weight is 470 g/mol. The first-order chi connectivity index (χ1) is 14.9. The quantitative estimate of drug-likeness (QED) is 0.329. The number of para-hydroxylation sites is 1. The number of thiazole rings is 1. The van der Waals surface area contributed by atoms with Crippen molar-refractivity contribution in [1.29, 1.82) is 0 Å². The molecule has 0 aliphatic rings. The Kier molecular flexibility index (Phi) is 6.46. The third kappa shape index (κ3) is 4.84. The van der Waals surface area contributed by atoms with Gasteiger partial charge in [-0.05, 0) is 43.7 Å². The Labute approximate surface area is 193 Å². The Morgan fingerprint density at radius 1 is 1.19 bits per heavy atom. The van der Waals surface area contributed by atoms with Gasteiger partial charge in [-0.25, -0.2) is 9.97 Å². The highest BCUT2D eigenvalue weighted by Crippen LogP contribution is 2.32. The van der Waals surface area contributed by atoms with Crippen LogP contribution in [0.2, 0.25) is 5.02 Å². The maximum absolute atomic E-state index is 12.7. The van der Waals surface area contributed by atoms with Crippen LogP contribution >= 0.6 is 34.7 Å². The van der Waals surface area contributed by atoms with Gasteiger partial charge in [0.1, 0.15) is 11.3 Å². The number of methoxy groups -OCH3 is 1.